The summed E-state index contributed by atoms with van der Waals surface area (Å²) in [5.41, 5.74) is 7.32. The maximum absolute atomic E-state index is 4.95. The summed E-state index contributed by atoms with van der Waals surface area (Å²) in [6.07, 6.45) is 3.65. The van der Waals surface area contributed by atoms with E-state index in [1.165, 1.54) is 20.7 Å². The molecule has 0 aliphatic carbocycles. The van der Waals surface area contributed by atoms with Crippen molar-refractivity contribution in [3.63, 3.8) is 0 Å². The van der Waals surface area contributed by atoms with Crippen molar-refractivity contribution in [3.8, 4) is 28.5 Å². The molecule has 53 heavy (non-hydrogen) atoms. The SMILES string of the molecule is Cc1nnc(-n2c3[c-]c([Si](C)(C)c4[c-]c(-c5ccccn5)ccc4)ccc3c3ccc([Si](C)(C)c4[c-]c(-c5ccccn5)ccc4)[c-]c32)nc1C.[Pd+2].[Pd+2]. The first-order valence-corrected chi connectivity index (χ1v) is 23.1. The molecule has 0 aliphatic rings. The summed E-state index contributed by atoms with van der Waals surface area (Å²) in [6.45, 7) is 13.3. The van der Waals surface area contributed by atoms with E-state index in [4.69, 9.17) is 4.98 Å². The van der Waals surface area contributed by atoms with E-state index in [1.807, 2.05) is 62.6 Å². The van der Waals surface area contributed by atoms with Gasteiger partial charge in [0.1, 0.15) is 0 Å². The Morgan fingerprint density at radius 1 is 0.491 bits per heavy atom. The third kappa shape index (κ3) is 7.09. The van der Waals surface area contributed by atoms with Gasteiger partial charge in [0.25, 0.3) is 5.95 Å². The molecule has 4 aromatic carbocycles. The first kappa shape index (κ1) is 38.5. The minimum atomic E-state index is -2.27. The van der Waals surface area contributed by atoms with Gasteiger partial charge >= 0.3 is 40.8 Å². The second-order valence-electron chi connectivity index (χ2n) is 14.0. The van der Waals surface area contributed by atoms with Gasteiger partial charge in [0, 0.05) is 12.4 Å². The normalized spacial score (nSPS) is 11.7. The zero-order chi connectivity index (χ0) is 35.3. The summed E-state index contributed by atoms with van der Waals surface area (Å²) >= 11 is 0. The third-order valence-electron chi connectivity index (χ3n) is 10.0. The van der Waals surface area contributed by atoms with E-state index >= 15 is 0 Å². The van der Waals surface area contributed by atoms with Gasteiger partial charge in [-0.25, -0.2) is 4.98 Å². The summed E-state index contributed by atoms with van der Waals surface area (Å²) in [4.78, 5) is 14.1. The van der Waals surface area contributed by atoms with Gasteiger partial charge in [0.2, 0.25) is 0 Å². The molecule has 6 nitrogen and oxygen atoms in total. The van der Waals surface area contributed by atoms with Crippen LogP contribution in [0.25, 0.3) is 50.3 Å². The molecule has 0 N–H and O–H groups in total. The predicted molar refractivity (Wildman–Crippen MR) is 212 cm³/mol. The molecule has 0 amide bonds. The molecular formula is C43H36N6Pd2Si2. The zero-order valence-electron chi connectivity index (χ0n) is 30.2. The van der Waals surface area contributed by atoms with Gasteiger partial charge < -0.3 is 14.5 Å². The van der Waals surface area contributed by atoms with Gasteiger partial charge in [0.15, 0.2) is 0 Å². The van der Waals surface area contributed by atoms with Gasteiger partial charge in [-0.1, -0.05) is 61.5 Å². The van der Waals surface area contributed by atoms with Crippen LogP contribution < -0.4 is 20.7 Å². The van der Waals surface area contributed by atoms with Crippen molar-refractivity contribution in [1.82, 2.24) is 29.7 Å². The molecule has 0 fully saturated rings. The Labute approximate surface area is 340 Å². The van der Waals surface area contributed by atoms with Crippen LogP contribution in [0.1, 0.15) is 11.4 Å². The van der Waals surface area contributed by atoms with Gasteiger partial charge in [-0.15, -0.1) is 75.1 Å². The number of nitrogens with zero attached hydrogens (tertiary/aromatic N) is 6. The van der Waals surface area contributed by atoms with Crippen LogP contribution in [0.5, 0.6) is 0 Å². The maximum atomic E-state index is 4.95. The van der Waals surface area contributed by atoms with Crippen molar-refractivity contribution in [3.05, 3.63) is 145 Å². The van der Waals surface area contributed by atoms with E-state index in [2.05, 4.69) is 136 Å². The quantitative estimate of drug-likeness (QED) is 0.134. The average molecular weight is 906 g/mol. The van der Waals surface area contributed by atoms with Crippen LogP contribution in [0.4, 0.5) is 0 Å². The van der Waals surface area contributed by atoms with Gasteiger partial charge in [-0.3, -0.25) is 0 Å². The van der Waals surface area contributed by atoms with Crippen LogP contribution in [0.2, 0.25) is 26.2 Å². The number of aryl methyl sites for hydroxylation is 2. The Morgan fingerprint density at radius 2 is 0.962 bits per heavy atom. The Bertz CT molecular complexity index is 2420. The van der Waals surface area contributed by atoms with Crippen molar-refractivity contribution in [2.45, 2.75) is 40.0 Å². The van der Waals surface area contributed by atoms with Crippen LogP contribution in [-0.4, -0.2) is 45.9 Å². The number of pyridine rings is 2. The molecule has 0 unspecified atom stereocenters. The van der Waals surface area contributed by atoms with Crippen LogP contribution in [0.15, 0.2) is 109 Å². The monoisotopic (exact) mass is 904 g/mol. The molecule has 0 saturated carbocycles. The summed E-state index contributed by atoms with van der Waals surface area (Å²) in [5, 5.41) is 16.0. The van der Waals surface area contributed by atoms with Crippen molar-refractivity contribution in [1.29, 1.82) is 0 Å². The van der Waals surface area contributed by atoms with Gasteiger partial charge in [0.05, 0.1) is 27.5 Å². The molecule has 8 aromatic rings. The molecule has 4 aromatic heterocycles. The smallest absolute Gasteiger partial charge is 0.327 e. The number of hydrogen-bond donors (Lipinski definition) is 0. The second-order valence-corrected chi connectivity index (χ2v) is 22.7. The Hall–Kier alpha value is -4.25. The molecule has 0 spiro atoms. The van der Waals surface area contributed by atoms with Crippen LogP contribution in [0.3, 0.4) is 0 Å². The predicted octanol–water partition coefficient (Wildman–Crippen LogP) is 6.55. The topological polar surface area (TPSA) is 69.4 Å². The Kier molecular flexibility index (Phi) is 11.1. The van der Waals surface area contributed by atoms with Crippen molar-refractivity contribution < 1.29 is 40.8 Å². The molecule has 0 radical (unpaired) electrons. The fraction of sp³-hybridized carbons (Fsp3) is 0.140. The molecular weight excluding hydrogens is 870 g/mol. The van der Waals surface area contributed by atoms with E-state index in [-0.39, 0.29) is 40.8 Å². The van der Waals surface area contributed by atoms with Gasteiger partial charge in [-0.2, -0.15) is 62.6 Å². The number of rotatable bonds is 7. The maximum Gasteiger partial charge on any atom is 2.00 e. The Morgan fingerprint density at radius 3 is 1.40 bits per heavy atom. The van der Waals surface area contributed by atoms with E-state index in [0.29, 0.717) is 5.95 Å². The van der Waals surface area contributed by atoms with Crippen LogP contribution in [0, 0.1) is 38.1 Å². The van der Waals surface area contributed by atoms with Crippen molar-refractivity contribution in [2.24, 2.45) is 0 Å². The van der Waals surface area contributed by atoms with E-state index < -0.39 is 16.1 Å². The fourth-order valence-electron chi connectivity index (χ4n) is 6.63. The standard InChI is InChI=1S/C43H36N6Si2.2Pd/c1-29-30(2)47-48-43(46-29)49-41-27-35(50(3,4)33-15-11-13-31(25-33)39-17-7-9-23-44-39)19-21-37(41)38-22-20-36(28-42(38)49)51(5,6)34-16-12-14-32(26-34)40-18-8-10-24-45-40;;/h7-24H,1-6H3;;/q-4;2*+2. The number of hydrogen-bond acceptors (Lipinski definition) is 5. The van der Waals surface area contributed by atoms with Gasteiger partial charge in [-0.05, 0) is 37.4 Å². The van der Waals surface area contributed by atoms with Crippen molar-refractivity contribution >= 4 is 58.7 Å². The molecule has 4 heterocycles. The average Bonchev–Trinajstić information content (AvgIpc) is 3.50. The minimum absolute atomic E-state index is 0. The second kappa shape index (κ2) is 15.2. The zero-order valence-corrected chi connectivity index (χ0v) is 35.3. The van der Waals surface area contributed by atoms with Crippen molar-refractivity contribution in [2.75, 3.05) is 0 Å². The largest absolute Gasteiger partial charge is 2.00 e. The molecule has 0 atom stereocenters. The summed E-state index contributed by atoms with van der Waals surface area (Å²) in [6, 6.07) is 48.9. The van der Waals surface area contributed by atoms with E-state index in [1.54, 1.807) is 0 Å². The summed E-state index contributed by atoms with van der Waals surface area (Å²) in [5.74, 6) is 0.520. The number of aromatic nitrogens is 6. The van der Waals surface area contributed by atoms with Crippen LogP contribution in [-0.2, 0) is 40.8 Å². The molecule has 0 saturated heterocycles. The molecule has 0 aliphatic heterocycles. The van der Waals surface area contributed by atoms with E-state index in [0.717, 1.165) is 55.7 Å². The number of fused-ring (bicyclic) bond motifs is 3. The first-order valence-electron chi connectivity index (χ1n) is 17.1. The summed E-state index contributed by atoms with van der Waals surface area (Å²) < 4.78 is 2.11. The molecule has 8 rings (SSSR count). The number of benzene rings is 4. The fourth-order valence-corrected chi connectivity index (χ4v) is 11.0. The molecule has 10 heteroatoms. The third-order valence-corrected chi connectivity index (χ3v) is 16.6. The first-order chi connectivity index (χ1) is 24.6. The van der Waals surface area contributed by atoms with Crippen LogP contribution >= 0.6 is 0 Å². The molecule has 0 bridgehead atoms. The minimum Gasteiger partial charge on any atom is -0.327 e. The Balaban J connectivity index is 0.00000240. The molecule has 266 valence electrons. The van der Waals surface area contributed by atoms with E-state index in [9.17, 15) is 0 Å². The summed E-state index contributed by atoms with van der Waals surface area (Å²) in [7, 11) is -4.54.